The lowest BCUT2D eigenvalue weighted by Gasteiger charge is -2.19. The number of fused-ring (bicyclic) bond motifs is 1. The third-order valence-corrected chi connectivity index (χ3v) is 5.65. The number of carbonyl (C=O) groups excluding carboxylic acids is 2. The number of hydrogen-bond donors (Lipinski definition) is 2. The highest BCUT2D eigenvalue weighted by Gasteiger charge is 2.28. The van der Waals surface area contributed by atoms with Crippen molar-refractivity contribution < 1.29 is 27.8 Å². The first kappa shape index (κ1) is 23.1. The van der Waals surface area contributed by atoms with Gasteiger partial charge in [-0.1, -0.05) is 22.0 Å². The summed E-state index contributed by atoms with van der Waals surface area (Å²) in [6.45, 7) is 4.45. The van der Waals surface area contributed by atoms with Crippen molar-refractivity contribution >= 4 is 33.5 Å². The number of benzene rings is 2. The van der Waals surface area contributed by atoms with Crippen molar-refractivity contribution in [1.82, 2.24) is 5.32 Å². The first-order valence-corrected chi connectivity index (χ1v) is 10.5. The molecule has 1 aliphatic rings. The molecule has 166 valence electrons. The van der Waals surface area contributed by atoms with Crippen LogP contribution >= 0.6 is 15.9 Å². The number of carbonyl (C=O) groups is 2. The van der Waals surface area contributed by atoms with Crippen LogP contribution in [0, 0.1) is 11.6 Å². The molecule has 0 fully saturated rings. The largest absolute Gasteiger partial charge is 0.467 e. The first-order valence-electron chi connectivity index (χ1n) is 9.72. The van der Waals surface area contributed by atoms with Gasteiger partial charge in [-0.2, -0.15) is 0 Å². The molecule has 0 saturated heterocycles. The normalized spacial score (nSPS) is 13.6. The number of anilines is 1. The fraction of sp³-hybridized carbons (Fsp3) is 0.364. The molecule has 31 heavy (non-hydrogen) atoms. The number of methoxy groups -OCH3 is 1. The third kappa shape index (κ3) is 5.22. The highest BCUT2D eigenvalue weighted by Crippen LogP contribution is 2.31. The number of esters is 1. The van der Waals surface area contributed by atoms with Gasteiger partial charge in [0.15, 0.2) is 0 Å². The lowest BCUT2D eigenvalue weighted by Crippen LogP contribution is -2.43. The molecule has 1 heterocycles. The van der Waals surface area contributed by atoms with Gasteiger partial charge >= 0.3 is 5.97 Å². The van der Waals surface area contributed by atoms with Crippen LogP contribution in [-0.4, -0.2) is 31.1 Å². The summed E-state index contributed by atoms with van der Waals surface area (Å²) in [4.78, 5) is 25.0. The molecule has 1 amide bonds. The second-order valence-electron chi connectivity index (χ2n) is 7.52. The number of ether oxygens (including phenoxy) is 2. The van der Waals surface area contributed by atoms with Gasteiger partial charge in [0.25, 0.3) is 5.91 Å². The molecule has 0 radical (unpaired) electrons. The molecule has 0 unspecified atom stereocenters. The van der Waals surface area contributed by atoms with Crippen LogP contribution in [0.4, 0.5) is 14.5 Å². The minimum Gasteiger partial charge on any atom is -0.467 e. The summed E-state index contributed by atoms with van der Waals surface area (Å²) in [5.74, 6) is -3.81. The van der Waals surface area contributed by atoms with Crippen molar-refractivity contribution in [3.63, 3.8) is 0 Å². The minimum absolute atomic E-state index is 0.0428. The van der Waals surface area contributed by atoms with Crippen molar-refractivity contribution in [3.05, 3.63) is 62.6 Å². The number of rotatable bonds is 7. The van der Waals surface area contributed by atoms with Crippen LogP contribution in [0.5, 0.6) is 0 Å². The maximum atomic E-state index is 14.5. The molecule has 2 N–H and O–H groups in total. The second kappa shape index (κ2) is 9.74. The maximum absolute atomic E-state index is 14.5. The van der Waals surface area contributed by atoms with Crippen LogP contribution in [0.15, 0.2) is 28.7 Å². The Labute approximate surface area is 187 Å². The van der Waals surface area contributed by atoms with Gasteiger partial charge in [0.1, 0.15) is 23.2 Å². The topological polar surface area (TPSA) is 76.7 Å². The maximum Gasteiger partial charge on any atom is 0.328 e. The summed E-state index contributed by atoms with van der Waals surface area (Å²) in [5.41, 5.74) is 2.13. The Hall–Kier alpha value is -2.52. The fourth-order valence-corrected chi connectivity index (χ4v) is 3.97. The van der Waals surface area contributed by atoms with Gasteiger partial charge < -0.3 is 20.1 Å². The monoisotopic (exact) mass is 496 g/mol. The van der Waals surface area contributed by atoms with Crippen LogP contribution in [-0.2, 0) is 33.9 Å². The van der Waals surface area contributed by atoms with Crippen molar-refractivity contribution in [2.24, 2.45) is 0 Å². The molecule has 1 atom stereocenters. The SMILES string of the molecule is COC(=O)[C@H](Cc1ccc(Br)c2c1COC2)NC(=O)c1c(F)cc(NC(C)C)cc1F. The van der Waals surface area contributed by atoms with E-state index < -0.39 is 35.1 Å². The highest BCUT2D eigenvalue weighted by molar-refractivity contribution is 9.10. The van der Waals surface area contributed by atoms with Gasteiger partial charge in [0.2, 0.25) is 0 Å². The molecule has 0 saturated carbocycles. The molecule has 9 heteroatoms. The van der Waals surface area contributed by atoms with E-state index >= 15 is 0 Å². The van der Waals surface area contributed by atoms with Crippen LogP contribution in [0.2, 0.25) is 0 Å². The average molecular weight is 497 g/mol. The number of nitrogens with one attached hydrogen (secondary N) is 2. The van der Waals surface area contributed by atoms with Crippen molar-refractivity contribution in [1.29, 1.82) is 0 Å². The number of halogens is 3. The Kier molecular flexibility index (Phi) is 7.27. The van der Waals surface area contributed by atoms with Crippen molar-refractivity contribution in [2.75, 3.05) is 12.4 Å². The molecule has 0 aromatic heterocycles. The van der Waals surface area contributed by atoms with Gasteiger partial charge in [-0.3, -0.25) is 4.79 Å². The fourth-order valence-electron chi connectivity index (χ4n) is 3.49. The molecule has 1 aliphatic heterocycles. The molecule has 0 aliphatic carbocycles. The lowest BCUT2D eigenvalue weighted by atomic mass is 9.97. The Morgan fingerprint density at radius 1 is 1.16 bits per heavy atom. The van der Waals surface area contributed by atoms with Gasteiger partial charge in [-0.25, -0.2) is 13.6 Å². The summed E-state index contributed by atoms with van der Waals surface area (Å²) in [6, 6.07) is 4.56. The highest BCUT2D eigenvalue weighted by atomic mass is 79.9. The second-order valence-corrected chi connectivity index (χ2v) is 8.38. The molecular formula is C22H23BrF2N2O4. The molecular weight excluding hydrogens is 474 g/mol. The van der Waals surface area contributed by atoms with Crippen molar-refractivity contribution in [3.8, 4) is 0 Å². The van der Waals surface area contributed by atoms with E-state index in [2.05, 4.69) is 26.6 Å². The lowest BCUT2D eigenvalue weighted by molar-refractivity contribution is -0.142. The Bertz CT molecular complexity index is 990. The minimum atomic E-state index is -1.13. The zero-order chi connectivity index (χ0) is 22.7. The zero-order valence-corrected chi connectivity index (χ0v) is 18.9. The number of hydrogen-bond acceptors (Lipinski definition) is 5. The molecule has 6 nitrogen and oxygen atoms in total. The van der Waals surface area contributed by atoms with Gasteiger partial charge in [0.05, 0.1) is 20.3 Å². The van der Waals surface area contributed by atoms with E-state index in [4.69, 9.17) is 9.47 Å². The van der Waals surface area contributed by atoms with E-state index in [1.54, 1.807) is 0 Å². The first-order chi connectivity index (χ1) is 14.7. The van der Waals surface area contributed by atoms with Crippen LogP contribution < -0.4 is 10.6 Å². The smallest absolute Gasteiger partial charge is 0.328 e. The van der Waals surface area contributed by atoms with E-state index in [1.165, 1.54) is 7.11 Å². The van der Waals surface area contributed by atoms with Crippen LogP contribution in [0.1, 0.15) is 40.9 Å². The van der Waals surface area contributed by atoms with Gasteiger partial charge in [-0.15, -0.1) is 0 Å². The Balaban J connectivity index is 1.85. The summed E-state index contributed by atoms with van der Waals surface area (Å²) in [6.07, 6.45) is 0.0909. The molecule has 0 bridgehead atoms. The third-order valence-electron chi connectivity index (χ3n) is 4.90. The predicted molar refractivity (Wildman–Crippen MR) is 115 cm³/mol. The van der Waals surface area contributed by atoms with E-state index in [1.807, 2.05) is 26.0 Å². The Morgan fingerprint density at radius 2 is 1.81 bits per heavy atom. The quantitative estimate of drug-likeness (QED) is 0.564. The number of amides is 1. The molecule has 2 aromatic carbocycles. The van der Waals surface area contributed by atoms with Gasteiger partial charge in [-0.05, 0) is 48.7 Å². The predicted octanol–water partition coefficient (Wildman–Crippen LogP) is 4.09. The van der Waals surface area contributed by atoms with Crippen LogP contribution in [0.3, 0.4) is 0 Å². The Morgan fingerprint density at radius 3 is 2.42 bits per heavy atom. The molecule has 3 rings (SSSR count). The summed E-state index contributed by atoms with van der Waals surface area (Å²) in [7, 11) is 1.18. The van der Waals surface area contributed by atoms with Crippen molar-refractivity contribution in [2.45, 2.75) is 45.6 Å². The van der Waals surface area contributed by atoms with E-state index in [-0.39, 0.29) is 18.2 Å². The average Bonchev–Trinajstić information content (AvgIpc) is 3.18. The van der Waals surface area contributed by atoms with Crippen LogP contribution in [0.25, 0.3) is 0 Å². The molecule has 0 spiro atoms. The van der Waals surface area contributed by atoms with Gasteiger partial charge in [0, 0.05) is 22.6 Å². The van der Waals surface area contributed by atoms with E-state index in [0.29, 0.717) is 13.2 Å². The summed E-state index contributed by atoms with van der Waals surface area (Å²) in [5, 5.41) is 5.29. The van der Waals surface area contributed by atoms with E-state index in [0.717, 1.165) is 33.3 Å². The summed E-state index contributed by atoms with van der Waals surface area (Å²) >= 11 is 3.47. The standard InChI is InChI=1S/C22H23BrF2N2O4/c1-11(2)26-13-7-17(24)20(18(25)8-13)21(28)27-19(22(29)30-3)6-12-4-5-16(23)15-10-31-9-14(12)15/h4-5,7-8,11,19,26H,6,9-10H2,1-3H3,(H,27,28)/t19-/m0/s1. The zero-order valence-electron chi connectivity index (χ0n) is 17.4. The van der Waals surface area contributed by atoms with E-state index in [9.17, 15) is 18.4 Å². The summed E-state index contributed by atoms with van der Waals surface area (Å²) < 4.78 is 40.2. The molecule has 2 aromatic rings.